The number of nitrogens with two attached hydrogens (primary N) is 1. The molecule has 1 aliphatic heterocycles. The van der Waals surface area contributed by atoms with Gasteiger partial charge in [0.2, 0.25) is 0 Å². The molecule has 5 heteroatoms. The number of fused-ring (bicyclic) bond motifs is 1. The predicted molar refractivity (Wildman–Crippen MR) is 82.0 cm³/mol. The molecule has 3 rings (SSSR count). The summed E-state index contributed by atoms with van der Waals surface area (Å²) in [7, 11) is 0. The monoisotopic (exact) mass is 305 g/mol. The molecule has 1 unspecified atom stereocenters. The first-order valence-corrected chi connectivity index (χ1v) is 7.15. The van der Waals surface area contributed by atoms with Gasteiger partial charge in [0.05, 0.1) is 13.2 Å². The van der Waals surface area contributed by atoms with Gasteiger partial charge in [0.1, 0.15) is 6.10 Å². The largest absolute Gasteiger partial charge is 0.490 e. The van der Waals surface area contributed by atoms with Crippen LogP contribution in [0.2, 0.25) is 5.02 Å². The molecule has 4 nitrogen and oxygen atoms in total. The summed E-state index contributed by atoms with van der Waals surface area (Å²) in [5.41, 5.74) is 7.70. The second-order valence-corrected chi connectivity index (χ2v) is 5.37. The van der Waals surface area contributed by atoms with Gasteiger partial charge >= 0.3 is 0 Å². The Balaban J connectivity index is 1.94. The highest BCUT2D eigenvalue weighted by Crippen LogP contribution is 2.35. The van der Waals surface area contributed by atoms with E-state index in [0.29, 0.717) is 46.5 Å². The zero-order valence-electron chi connectivity index (χ0n) is 11.4. The van der Waals surface area contributed by atoms with Crippen molar-refractivity contribution in [1.82, 2.24) is 0 Å². The molecule has 0 aromatic heterocycles. The smallest absolute Gasteiger partial charge is 0.161 e. The Bertz CT molecular complexity index is 660. The average molecular weight is 306 g/mol. The van der Waals surface area contributed by atoms with Crippen LogP contribution in [0.5, 0.6) is 11.5 Å². The number of aliphatic hydroxyl groups excluding tert-OH is 1. The molecule has 0 bridgehead atoms. The summed E-state index contributed by atoms with van der Waals surface area (Å²) in [5, 5.41) is 11.1. The average Bonchev–Trinajstić information content (AvgIpc) is 2.71. The summed E-state index contributed by atoms with van der Waals surface area (Å²) in [6, 6.07) is 10.5. The Morgan fingerprint density at radius 3 is 2.57 bits per heavy atom. The summed E-state index contributed by atoms with van der Waals surface area (Å²) >= 11 is 5.88. The van der Waals surface area contributed by atoms with Crippen LogP contribution in [0, 0.1) is 0 Å². The molecule has 0 radical (unpaired) electrons. The fourth-order valence-electron chi connectivity index (χ4n) is 2.32. The molecule has 0 amide bonds. The molecule has 110 valence electrons. The number of hydrogen-bond donors (Lipinski definition) is 2. The van der Waals surface area contributed by atoms with Crippen molar-refractivity contribution in [2.75, 3.05) is 18.9 Å². The normalized spacial score (nSPS) is 15.3. The molecule has 3 N–H and O–H groups in total. The van der Waals surface area contributed by atoms with E-state index in [1.165, 1.54) is 0 Å². The SMILES string of the molecule is Nc1cc(Cl)ccc1C(O)c1ccc2c(c1)OCCCO2. The van der Waals surface area contributed by atoms with E-state index >= 15 is 0 Å². The van der Waals surface area contributed by atoms with Gasteiger partial charge in [-0.05, 0) is 29.8 Å². The summed E-state index contributed by atoms with van der Waals surface area (Å²) in [6.45, 7) is 1.24. The zero-order chi connectivity index (χ0) is 14.8. The maximum atomic E-state index is 10.5. The third-order valence-corrected chi connectivity index (χ3v) is 3.67. The molecule has 0 saturated carbocycles. The van der Waals surface area contributed by atoms with E-state index in [-0.39, 0.29) is 0 Å². The van der Waals surface area contributed by atoms with Crippen LogP contribution in [-0.2, 0) is 0 Å². The second-order valence-electron chi connectivity index (χ2n) is 4.93. The van der Waals surface area contributed by atoms with Crippen molar-refractivity contribution in [2.45, 2.75) is 12.5 Å². The first-order valence-electron chi connectivity index (χ1n) is 6.77. The molecule has 0 saturated heterocycles. The molecule has 0 spiro atoms. The molecule has 1 aliphatic rings. The van der Waals surface area contributed by atoms with Crippen molar-refractivity contribution in [1.29, 1.82) is 0 Å². The van der Waals surface area contributed by atoms with Crippen LogP contribution in [0.25, 0.3) is 0 Å². The molecular weight excluding hydrogens is 290 g/mol. The van der Waals surface area contributed by atoms with Gasteiger partial charge in [0.15, 0.2) is 11.5 Å². The third-order valence-electron chi connectivity index (χ3n) is 3.43. The molecule has 2 aromatic carbocycles. The van der Waals surface area contributed by atoms with Crippen molar-refractivity contribution in [3.05, 3.63) is 52.5 Å². The molecular formula is C16H16ClNO3. The molecule has 21 heavy (non-hydrogen) atoms. The number of hydrogen-bond acceptors (Lipinski definition) is 4. The van der Waals surface area contributed by atoms with Crippen LogP contribution in [0.1, 0.15) is 23.7 Å². The summed E-state index contributed by atoms with van der Waals surface area (Å²) in [6.07, 6.45) is 0.0101. The number of rotatable bonds is 2. The van der Waals surface area contributed by atoms with Crippen molar-refractivity contribution in [3.63, 3.8) is 0 Å². The first-order chi connectivity index (χ1) is 10.1. The van der Waals surface area contributed by atoms with E-state index < -0.39 is 6.10 Å². The first kappa shape index (κ1) is 14.0. The summed E-state index contributed by atoms with van der Waals surface area (Å²) < 4.78 is 11.2. The molecule has 0 aliphatic carbocycles. The standard InChI is InChI=1S/C16H16ClNO3/c17-11-3-4-12(13(18)9-11)16(19)10-2-5-14-15(8-10)21-7-1-6-20-14/h2-5,8-9,16,19H,1,6-7,18H2. The van der Waals surface area contributed by atoms with Gasteiger partial charge in [0.25, 0.3) is 0 Å². The highest BCUT2D eigenvalue weighted by atomic mass is 35.5. The quantitative estimate of drug-likeness (QED) is 0.837. The number of aliphatic hydroxyl groups is 1. The van der Waals surface area contributed by atoms with Crippen LogP contribution >= 0.6 is 11.6 Å². The minimum atomic E-state index is -0.834. The lowest BCUT2D eigenvalue weighted by Gasteiger charge is -2.16. The van der Waals surface area contributed by atoms with E-state index in [1.807, 2.05) is 12.1 Å². The lowest BCUT2D eigenvalue weighted by Crippen LogP contribution is -2.04. The molecule has 2 aromatic rings. The lowest BCUT2D eigenvalue weighted by molar-refractivity contribution is 0.220. The second kappa shape index (κ2) is 5.84. The number of anilines is 1. The summed E-state index contributed by atoms with van der Waals surface area (Å²) in [4.78, 5) is 0. The fourth-order valence-corrected chi connectivity index (χ4v) is 2.50. The Morgan fingerprint density at radius 2 is 1.81 bits per heavy atom. The van der Waals surface area contributed by atoms with Crippen molar-refractivity contribution < 1.29 is 14.6 Å². The topological polar surface area (TPSA) is 64.7 Å². The number of nitrogen functional groups attached to an aromatic ring is 1. The van der Waals surface area contributed by atoms with E-state index in [4.69, 9.17) is 26.8 Å². The fraction of sp³-hybridized carbons (Fsp3) is 0.250. The third kappa shape index (κ3) is 2.91. The van der Waals surface area contributed by atoms with Gasteiger partial charge in [-0.2, -0.15) is 0 Å². The van der Waals surface area contributed by atoms with Crippen molar-refractivity contribution in [2.24, 2.45) is 0 Å². The van der Waals surface area contributed by atoms with E-state index in [9.17, 15) is 5.11 Å². The van der Waals surface area contributed by atoms with Gasteiger partial charge in [0, 0.05) is 22.7 Å². The number of halogens is 1. The van der Waals surface area contributed by atoms with Gasteiger partial charge in [-0.1, -0.05) is 23.7 Å². The van der Waals surface area contributed by atoms with Crippen LogP contribution in [0.15, 0.2) is 36.4 Å². The Kier molecular flexibility index (Phi) is 3.90. The Hall–Kier alpha value is -1.91. The van der Waals surface area contributed by atoms with Crippen molar-refractivity contribution >= 4 is 17.3 Å². The Morgan fingerprint density at radius 1 is 1.05 bits per heavy atom. The highest BCUT2D eigenvalue weighted by Gasteiger charge is 2.17. The molecule has 0 fully saturated rings. The van der Waals surface area contributed by atoms with E-state index in [2.05, 4.69) is 0 Å². The maximum absolute atomic E-state index is 10.5. The van der Waals surface area contributed by atoms with Crippen molar-refractivity contribution in [3.8, 4) is 11.5 Å². The van der Waals surface area contributed by atoms with E-state index in [1.54, 1.807) is 24.3 Å². The predicted octanol–water partition coefficient (Wildman–Crippen LogP) is 3.17. The van der Waals surface area contributed by atoms with Gasteiger partial charge in [-0.3, -0.25) is 0 Å². The highest BCUT2D eigenvalue weighted by molar-refractivity contribution is 6.30. The Labute approximate surface area is 128 Å². The zero-order valence-corrected chi connectivity index (χ0v) is 12.1. The molecule has 1 atom stereocenters. The van der Waals surface area contributed by atoms with Crippen LogP contribution in [0.4, 0.5) is 5.69 Å². The van der Waals surface area contributed by atoms with Gasteiger partial charge in [-0.15, -0.1) is 0 Å². The van der Waals surface area contributed by atoms with Crippen LogP contribution < -0.4 is 15.2 Å². The number of ether oxygens (including phenoxy) is 2. The minimum Gasteiger partial charge on any atom is -0.490 e. The van der Waals surface area contributed by atoms with E-state index in [0.717, 1.165) is 6.42 Å². The molecule has 1 heterocycles. The van der Waals surface area contributed by atoms with Crippen LogP contribution in [0.3, 0.4) is 0 Å². The minimum absolute atomic E-state index is 0.460. The number of benzene rings is 2. The van der Waals surface area contributed by atoms with Crippen LogP contribution in [-0.4, -0.2) is 18.3 Å². The van der Waals surface area contributed by atoms with Gasteiger partial charge < -0.3 is 20.3 Å². The lowest BCUT2D eigenvalue weighted by atomic mass is 9.99. The summed E-state index contributed by atoms with van der Waals surface area (Å²) in [5.74, 6) is 1.35. The van der Waals surface area contributed by atoms with Gasteiger partial charge in [-0.25, -0.2) is 0 Å². The maximum Gasteiger partial charge on any atom is 0.161 e.